The van der Waals surface area contributed by atoms with Gasteiger partial charge in [0.05, 0.1) is 7.11 Å². The molecule has 1 N–H and O–H groups in total. The minimum atomic E-state index is 0.223. The molecule has 0 aliphatic rings. The van der Waals surface area contributed by atoms with E-state index < -0.39 is 0 Å². The number of phenolic OH excluding ortho intramolecular Hbond substituents is 1. The molecule has 0 aliphatic carbocycles. The van der Waals surface area contributed by atoms with Crippen molar-refractivity contribution in [3.8, 4) is 11.5 Å². The molecule has 0 radical (unpaired) electrons. The second-order valence-electron chi connectivity index (χ2n) is 2.13. The second-order valence-corrected chi connectivity index (χ2v) is 2.13. The van der Waals surface area contributed by atoms with Crippen molar-refractivity contribution < 1.29 is 9.84 Å². The third-order valence-electron chi connectivity index (χ3n) is 1.45. The van der Waals surface area contributed by atoms with Gasteiger partial charge in [-0.05, 0) is 18.2 Å². The van der Waals surface area contributed by atoms with Gasteiger partial charge in [-0.25, -0.2) is 0 Å². The van der Waals surface area contributed by atoms with E-state index >= 15 is 0 Å². The third kappa shape index (κ3) is 1.52. The number of rotatable bonds is 2. The molecule has 1 aromatic carbocycles. The van der Waals surface area contributed by atoms with Crippen molar-refractivity contribution in [2.45, 2.75) is 0 Å². The monoisotopic (exact) mass is 150 g/mol. The summed E-state index contributed by atoms with van der Waals surface area (Å²) in [6.07, 6.45) is 1.58. The van der Waals surface area contributed by atoms with Crippen molar-refractivity contribution in [2.75, 3.05) is 7.11 Å². The van der Waals surface area contributed by atoms with Crippen LogP contribution in [0.4, 0.5) is 0 Å². The average Bonchev–Trinajstić information content (AvgIpc) is 2.05. The van der Waals surface area contributed by atoms with Crippen LogP contribution in [0, 0.1) is 0 Å². The van der Waals surface area contributed by atoms with Crippen molar-refractivity contribution in [2.24, 2.45) is 0 Å². The van der Waals surface area contributed by atoms with E-state index in [1.54, 1.807) is 31.4 Å². The molecule has 2 heteroatoms. The molecule has 0 aliphatic heterocycles. The van der Waals surface area contributed by atoms with Crippen LogP contribution in [0.25, 0.3) is 6.08 Å². The van der Waals surface area contributed by atoms with Gasteiger partial charge >= 0.3 is 0 Å². The van der Waals surface area contributed by atoms with Gasteiger partial charge in [0, 0.05) is 5.56 Å². The fourth-order valence-corrected chi connectivity index (χ4v) is 0.823. The van der Waals surface area contributed by atoms with E-state index in [2.05, 4.69) is 6.58 Å². The normalized spacial score (nSPS) is 9.18. The second kappa shape index (κ2) is 3.10. The zero-order valence-electron chi connectivity index (χ0n) is 6.37. The molecule has 1 aromatic rings. The van der Waals surface area contributed by atoms with Crippen LogP contribution in [-0.4, -0.2) is 12.2 Å². The Morgan fingerprint density at radius 2 is 2.27 bits per heavy atom. The van der Waals surface area contributed by atoms with Crippen molar-refractivity contribution in [3.63, 3.8) is 0 Å². The van der Waals surface area contributed by atoms with E-state index in [-0.39, 0.29) is 5.75 Å². The summed E-state index contributed by atoms with van der Waals surface area (Å²) in [5.74, 6) is 0.943. The summed E-state index contributed by atoms with van der Waals surface area (Å²) in [5.41, 5.74) is 0.685. The number of ether oxygens (including phenoxy) is 1. The summed E-state index contributed by atoms with van der Waals surface area (Å²) in [6, 6.07) is 5.00. The lowest BCUT2D eigenvalue weighted by molar-refractivity contribution is 0.412. The van der Waals surface area contributed by atoms with Crippen LogP contribution in [0.5, 0.6) is 11.5 Å². The van der Waals surface area contributed by atoms with E-state index in [0.717, 1.165) is 5.75 Å². The molecule has 0 amide bonds. The Morgan fingerprint density at radius 3 is 2.82 bits per heavy atom. The molecule has 1 rings (SSSR count). The van der Waals surface area contributed by atoms with Crippen LogP contribution < -0.4 is 4.74 Å². The molecule has 11 heavy (non-hydrogen) atoms. The molecular formula is C9H10O2. The molecule has 0 unspecified atom stereocenters. The molecule has 0 saturated heterocycles. The molecule has 0 bridgehead atoms. The minimum absolute atomic E-state index is 0.223. The van der Waals surface area contributed by atoms with Gasteiger partial charge in [-0.2, -0.15) is 0 Å². The molecule has 0 fully saturated rings. The number of benzene rings is 1. The zero-order chi connectivity index (χ0) is 8.27. The molecule has 0 aromatic heterocycles. The smallest absolute Gasteiger partial charge is 0.123 e. The van der Waals surface area contributed by atoms with Gasteiger partial charge in [0.1, 0.15) is 11.5 Å². The van der Waals surface area contributed by atoms with Crippen molar-refractivity contribution in [1.82, 2.24) is 0 Å². The van der Waals surface area contributed by atoms with Crippen LogP contribution in [0.1, 0.15) is 5.56 Å². The van der Waals surface area contributed by atoms with Crippen molar-refractivity contribution >= 4 is 6.08 Å². The summed E-state index contributed by atoms with van der Waals surface area (Å²) < 4.78 is 4.95. The molecule has 58 valence electrons. The van der Waals surface area contributed by atoms with Crippen LogP contribution in [0.3, 0.4) is 0 Å². The van der Waals surface area contributed by atoms with Gasteiger partial charge in [0.25, 0.3) is 0 Å². The topological polar surface area (TPSA) is 29.5 Å². The number of methoxy groups -OCH3 is 1. The lowest BCUT2D eigenvalue weighted by Gasteiger charge is -2.02. The number of hydrogen-bond donors (Lipinski definition) is 1. The predicted molar refractivity (Wildman–Crippen MR) is 44.7 cm³/mol. The lowest BCUT2D eigenvalue weighted by atomic mass is 10.2. The zero-order valence-corrected chi connectivity index (χ0v) is 6.37. The highest BCUT2D eigenvalue weighted by Crippen LogP contribution is 2.23. The molecule has 0 spiro atoms. The quantitative estimate of drug-likeness (QED) is 0.699. The predicted octanol–water partition coefficient (Wildman–Crippen LogP) is 2.04. The SMILES string of the molecule is C=Cc1cc(OC)ccc1O. The summed E-state index contributed by atoms with van der Waals surface area (Å²) in [6.45, 7) is 3.55. The maximum absolute atomic E-state index is 9.20. The van der Waals surface area contributed by atoms with Gasteiger partial charge in [-0.1, -0.05) is 12.7 Å². The van der Waals surface area contributed by atoms with Gasteiger partial charge < -0.3 is 9.84 Å². The Kier molecular flexibility index (Phi) is 2.16. The van der Waals surface area contributed by atoms with E-state index in [0.29, 0.717) is 5.56 Å². The summed E-state index contributed by atoms with van der Waals surface area (Å²) in [5, 5.41) is 9.20. The largest absolute Gasteiger partial charge is 0.507 e. The van der Waals surface area contributed by atoms with E-state index in [9.17, 15) is 5.11 Å². The molecule has 0 saturated carbocycles. The minimum Gasteiger partial charge on any atom is -0.507 e. The highest BCUT2D eigenvalue weighted by atomic mass is 16.5. The molecule has 0 heterocycles. The van der Waals surface area contributed by atoms with E-state index in [1.165, 1.54) is 0 Å². The van der Waals surface area contributed by atoms with Gasteiger partial charge in [-0.3, -0.25) is 0 Å². The Bertz CT molecular complexity index is 266. The first-order valence-electron chi connectivity index (χ1n) is 3.27. The Morgan fingerprint density at radius 1 is 1.55 bits per heavy atom. The van der Waals surface area contributed by atoms with Crippen molar-refractivity contribution in [3.05, 3.63) is 30.3 Å². The van der Waals surface area contributed by atoms with Gasteiger partial charge in [0.15, 0.2) is 0 Å². The Balaban J connectivity index is 3.12. The van der Waals surface area contributed by atoms with E-state index in [1.807, 2.05) is 0 Å². The maximum Gasteiger partial charge on any atom is 0.123 e. The first-order valence-corrected chi connectivity index (χ1v) is 3.27. The molecule has 2 nitrogen and oxygen atoms in total. The summed E-state index contributed by atoms with van der Waals surface area (Å²) in [7, 11) is 1.58. The van der Waals surface area contributed by atoms with Crippen molar-refractivity contribution in [1.29, 1.82) is 0 Å². The average molecular weight is 150 g/mol. The highest BCUT2D eigenvalue weighted by molar-refractivity contribution is 5.57. The fraction of sp³-hybridized carbons (Fsp3) is 0.111. The number of hydrogen-bond acceptors (Lipinski definition) is 2. The Hall–Kier alpha value is -1.44. The van der Waals surface area contributed by atoms with Crippen LogP contribution in [0.15, 0.2) is 24.8 Å². The maximum atomic E-state index is 9.20. The van der Waals surface area contributed by atoms with Crippen LogP contribution in [-0.2, 0) is 0 Å². The van der Waals surface area contributed by atoms with Crippen LogP contribution >= 0.6 is 0 Å². The molecular weight excluding hydrogens is 140 g/mol. The highest BCUT2D eigenvalue weighted by Gasteiger charge is 1.97. The Labute approximate surface area is 65.7 Å². The first kappa shape index (κ1) is 7.66. The standard InChI is InChI=1S/C9H10O2/c1-3-7-6-8(11-2)4-5-9(7)10/h3-6,10H,1H2,2H3. The number of phenols is 1. The summed E-state index contributed by atoms with van der Waals surface area (Å²) >= 11 is 0. The van der Waals surface area contributed by atoms with Gasteiger partial charge in [0.2, 0.25) is 0 Å². The number of aromatic hydroxyl groups is 1. The van der Waals surface area contributed by atoms with Gasteiger partial charge in [-0.15, -0.1) is 0 Å². The van der Waals surface area contributed by atoms with Crippen LogP contribution in [0.2, 0.25) is 0 Å². The summed E-state index contributed by atoms with van der Waals surface area (Å²) in [4.78, 5) is 0. The first-order chi connectivity index (χ1) is 5.27. The lowest BCUT2D eigenvalue weighted by Crippen LogP contribution is -1.82. The molecule has 0 atom stereocenters. The van der Waals surface area contributed by atoms with E-state index in [4.69, 9.17) is 4.74 Å². The third-order valence-corrected chi connectivity index (χ3v) is 1.45. The fourth-order valence-electron chi connectivity index (χ4n) is 0.823.